The Bertz CT molecular complexity index is 526. The lowest BCUT2D eigenvalue weighted by atomic mass is 9.90. The third kappa shape index (κ3) is 4.98. The maximum Gasteiger partial charge on any atom is 0.339 e. The Balaban J connectivity index is 2.71. The van der Waals surface area contributed by atoms with Crippen LogP contribution in [0.3, 0.4) is 0 Å². The minimum Gasteiger partial charge on any atom is -0.496 e. The quantitative estimate of drug-likeness (QED) is 0.752. The van der Waals surface area contributed by atoms with E-state index >= 15 is 0 Å². The molecule has 116 valence electrons. The summed E-state index contributed by atoms with van der Waals surface area (Å²) in [5, 5.41) is 14.4. The van der Waals surface area contributed by atoms with E-state index in [1.807, 2.05) is 0 Å². The van der Waals surface area contributed by atoms with Gasteiger partial charge in [0.05, 0.1) is 7.11 Å². The van der Waals surface area contributed by atoms with Gasteiger partial charge in [-0.3, -0.25) is 0 Å². The van der Waals surface area contributed by atoms with E-state index in [0.29, 0.717) is 12.2 Å². The summed E-state index contributed by atoms with van der Waals surface area (Å²) in [4.78, 5) is 22.8. The van der Waals surface area contributed by atoms with Gasteiger partial charge in [-0.25, -0.2) is 9.59 Å². The highest BCUT2D eigenvalue weighted by Gasteiger charge is 2.16. The van der Waals surface area contributed by atoms with Gasteiger partial charge in [0, 0.05) is 18.3 Å². The SMILES string of the molecule is CCC(C)(C)CNC(=O)Nc1ccc(C(=O)O)c(OC)c1. The van der Waals surface area contributed by atoms with Crippen molar-refractivity contribution < 1.29 is 19.4 Å². The van der Waals surface area contributed by atoms with Crippen LogP contribution < -0.4 is 15.4 Å². The predicted octanol–water partition coefficient (Wildman–Crippen LogP) is 2.95. The molecule has 1 rings (SSSR count). The van der Waals surface area contributed by atoms with E-state index in [2.05, 4.69) is 31.4 Å². The fourth-order valence-electron chi connectivity index (χ4n) is 1.57. The highest BCUT2D eigenvalue weighted by molar-refractivity contribution is 5.94. The zero-order chi connectivity index (χ0) is 16.0. The van der Waals surface area contributed by atoms with Gasteiger partial charge in [0.15, 0.2) is 0 Å². The van der Waals surface area contributed by atoms with Crippen molar-refractivity contribution in [1.29, 1.82) is 0 Å². The molecule has 0 bridgehead atoms. The molecule has 0 aromatic heterocycles. The predicted molar refractivity (Wildman–Crippen MR) is 81.0 cm³/mol. The number of carboxylic acids is 1. The molecule has 6 heteroatoms. The molecule has 6 nitrogen and oxygen atoms in total. The molecule has 21 heavy (non-hydrogen) atoms. The van der Waals surface area contributed by atoms with Crippen molar-refractivity contribution >= 4 is 17.7 Å². The standard InChI is InChI=1S/C15H22N2O4/c1-5-15(2,3)9-16-14(20)17-10-6-7-11(13(18)19)12(8-10)21-4/h6-8H,5,9H2,1-4H3,(H,18,19)(H2,16,17,20). The number of carbonyl (C=O) groups is 2. The van der Waals surface area contributed by atoms with Gasteiger partial charge in [0.25, 0.3) is 0 Å². The zero-order valence-electron chi connectivity index (χ0n) is 12.8. The van der Waals surface area contributed by atoms with Crippen LogP contribution in [0.5, 0.6) is 5.75 Å². The van der Waals surface area contributed by atoms with Crippen molar-refractivity contribution in [3.05, 3.63) is 23.8 Å². The van der Waals surface area contributed by atoms with Crippen LogP contribution in [0.2, 0.25) is 0 Å². The Labute approximate surface area is 124 Å². The summed E-state index contributed by atoms with van der Waals surface area (Å²) in [6, 6.07) is 4.07. The van der Waals surface area contributed by atoms with Crippen molar-refractivity contribution in [2.75, 3.05) is 19.0 Å². The molecular weight excluding hydrogens is 272 g/mol. The number of anilines is 1. The normalized spacial score (nSPS) is 10.9. The Morgan fingerprint density at radius 3 is 2.52 bits per heavy atom. The van der Waals surface area contributed by atoms with Crippen LogP contribution in [0, 0.1) is 5.41 Å². The molecule has 0 saturated heterocycles. The first-order valence-corrected chi connectivity index (χ1v) is 6.75. The molecule has 3 N–H and O–H groups in total. The first-order chi connectivity index (χ1) is 9.79. The second-order valence-electron chi connectivity index (χ2n) is 5.55. The molecule has 0 fully saturated rings. The molecule has 0 atom stereocenters. The number of hydrogen-bond donors (Lipinski definition) is 3. The maximum atomic E-state index is 11.8. The van der Waals surface area contributed by atoms with Crippen LogP contribution in [0.4, 0.5) is 10.5 Å². The number of carbonyl (C=O) groups excluding carboxylic acids is 1. The van der Waals surface area contributed by atoms with E-state index in [-0.39, 0.29) is 22.8 Å². The van der Waals surface area contributed by atoms with Crippen LogP contribution in [-0.2, 0) is 0 Å². The summed E-state index contributed by atoms with van der Waals surface area (Å²) in [5.41, 5.74) is 0.557. The number of hydrogen-bond acceptors (Lipinski definition) is 3. The minimum atomic E-state index is -1.08. The lowest BCUT2D eigenvalue weighted by Gasteiger charge is -2.23. The van der Waals surface area contributed by atoms with E-state index in [9.17, 15) is 9.59 Å². The summed E-state index contributed by atoms with van der Waals surface area (Å²) >= 11 is 0. The van der Waals surface area contributed by atoms with Gasteiger partial charge >= 0.3 is 12.0 Å². The van der Waals surface area contributed by atoms with E-state index in [1.165, 1.54) is 25.3 Å². The summed E-state index contributed by atoms with van der Waals surface area (Å²) in [7, 11) is 1.38. The highest BCUT2D eigenvalue weighted by atomic mass is 16.5. The monoisotopic (exact) mass is 294 g/mol. The van der Waals surface area contributed by atoms with E-state index in [1.54, 1.807) is 0 Å². The fraction of sp³-hybridized carbons (Fsp3) is 0.467. The molecule has 0 heterocycles. The van der Waals surface area contributed by atoms with Crippen molar-refractivity contribution in [3.8, 4) is 5.75 Å². The number of benzene rings is 1. The average molecular weight is 294 g/mol. The number of methoxy groups -OCH3 is 1. The number of rotatable bonds is 6. The van der Waals surface area contributed by atoms with E-state index in [0.717, 1.165) is 6.42 Å². The van der Waals surface area contributed by atoms with Gasteiger partial charge in [0.2, 0.25) is 0 Å². The fourth-order valence-corrected chi connectivity index (χ4v) is 1.57. The lowest BCUT2D eigenvalue weighted by Crippen LogP contribution is -2.36. The first-order valence-electron chi connectivity index (χ1n) is 6.75. The highest BCUT2D eigenvalue weighted by Crippen LogP contribution is 2.23. The number of carboxylic acid groups (broad SMARTS) is 1. The summed E-state index contributed by atoms with van der Waals surface area (Å²) in [6.45, 7) is 6.75. The molecule has 0 saturated carbocycles. The molecule has 1 aromatic carbocycles. The lowest BCUT2D eigenvalue weighted by molar-refractivity contribution is 0.0693. The number of aromatic carboxylic acids is 1. The third-order valence-electron chi connectivity index (χ3n) is 3.37. The molecule has 0 aliphatic heterocycles. The van der Waals surface area contributed by atoms with Crippen molar-refractivity contribution in [2.24, 2.45) is 5.41 Å². The number of ether oxygens (including phenoxy) is 1. The zero-order valence-corrected chi connectivity index (χ0v) is 12.8. The molecular formula is C15H22N2O4. The molecule has 0 radical (unpaired) electrons. The second-order valence-corrected chi connectivity index (χ2v) is 5.55. The van der Waals surface area contributed by atoms with Crippen LogP contribution in [0.25, 0.3) is 0 Å². The Morgan fingerprint density at radius 1 is 1.33 bits per heavy atom. The van der Waals surface area contributed by atoms with Crippen molar-refractivity contribution in [2.45, 2.75) is 27.2 Å². The van der Waals surface area contributed by atoms with Crippen LogP contribution in [-0.4, -0.2) is 30.8 Å². The van der Waals surface area contributed by atoms with Crippen molar-refractivity contribution in [1.82, 2.24) is 5.32 Å². The number of urea groups is 1. The Kier molecular flexibility index (Phi) is 5.58. The number of nitrogens with one attached hydrogen (secondary N) is 2. The van der Waals surface area contributed by atoms with Crippen LogP contribution in [0.15, 0.2) is 18.2 Å². The first kappa shape index (κ1) is 16.8. The Hall–Kier alpha value is -2.24. The molecule has 2 amide bonds. The van der Waals surface area contributed by atoms with Crippen LogP contribution in [0.1, 0.15) is 37.6 Å². The maximum absolute atomic E-state index is 11.8. The largest absolute Gasteiger partial charge is 0.496 e. The summed E-state index contributed by atoms with van der Waals surface area (Å²) in [6.07, 6.45) is 0.953. The third-order valence-corrected chi connectivity index (χ3v) is 3.37. The minimum absolute atomic E-state index is 0.0300. The average Bonchev–Trinajstić information content (AvgIpc) is 2.45. The summed E-state index contributed by atoms with van der Waals surface area (Å²) < 4.78 is 5.01. The second kappa shape index (κ2) is 6.97. The van der Waals surface area contributed by atoms with Crippen LogP contribution >= 0.6 is 0 Å². The molecule has 0 aliphatic carbocycles. The topological polar surface area (TPSA) is 87.7 Å². The van der Waals surface area contributed by atoms with Gasteiger partial charge < -0.3 is 20.5 Å². The molecule has 0 aliphatic rings. The van der Waals surface area contributed by atoms with E-state index in [4.69, 9.17) is 9.84 Å². The van der Waals surface area contributed by atoms with Gasteiger partial charge in [-0.05, 0) is 24.0 Å². The van der Waals surface area contributed by atoms with Gasteiger partial charge in [-0.15, -0.1) is 0 Å². The molecule has 0 spiro atoms. The smallest absolute Gasteiger partial charge is 0.339 e. The number of amides is 2. The van der Waals surface area contributed by atoms with Gasteiger partial charge in [-0.1, -0.05) is 20.8 Å². The Morgan fingerprint density at radius 2 is 2.00 bits per heavy atom. The van der Waals surface area contributed by atoms with Gasteiger partial charge in [-0.2, -0.15) is 0 Å². The summed E-state index contributed by atoms with van der Waals surface area (Å²) in [5.74, 6) is -0.873. The molecule has 0 unspecified atom stereocenters. The van der Waals surface area contributed by atoms with Gasteiger partial charge in [0.1, 0.15) is 11.3 Å². The molecule has 1 aromatic rings. The van der Waals surface area contributed by atoms with Crippen molar-refractivity contribution in [3.63, 3.8) is 0 Å². The van der Waals surface area contributed by atoms with E-state index < -0.39 is 5.97 Å².